The fraction of sp³-hybridized carbons (Fsp3) is 0.0909. The second-order valence-electron chi connectivity index (χ2n) is 6.41. The average molecular weight is 401 g/mol. The molecule has 8 heteroatoms. The molecule has 0 spiro atoms. The Morgan fingerprint density at radius 1 is 1.00 bits per heavy atom. The lowest BCUT2D eigenvalue weighted by Crippen LogP contribution is -2.28. The van der Waals surface area contributed by atoms with Crippen molar-refractivity contribution in [2.24, 2.45) is 0 Å². The second kappa shape index (κ2) is 8.87. The molecule has 0 unspecified atom stereocenters. The Kier molecular flexibility index (Phi) is 5.66. The smallest absolute Gasteiger partial charge is 0.276 e. The van der Waals surface area contributed by atoms with Crippen molar-refractivity contribution in [3.8, 4) is 11.4 Å². The van der Waals surface area contributed by atoms with E-state index < -0.39 is 5.91 Å². The van der Waals surface area contributed by atoms with E-state index in [1.54, 1.807) is 24.7 Å². The van der Waals surface area contributed by atoms with Crippen LogP contribution in [0.5, 0.6) is 5.75 Å². The quantitative estimate of drug-likeness (QED) is 0.514. The number of carbonyl (C=O) groups excluding carboxylic acids is 1. The normalized spacial score (nSPS) is 10.5. The van der Waals surface area contributed by atoms with E-state index in [0.29, 0.717) is 11.4 Å². The van der Waals surface area contributed by atoms with Crippen LogP contribution >= 0.6 is 0 Å². The second-order valence-corrected chi connectivity index (χ2v) is 6.41. The van der Waals surface area contributed by atoms with Gasteiger partial charge in [-0.25, -0.2) is 9.67 Å². The summed E-state index contributed by atoms with van der Waals surface area (Å²) in [5.41, 5.74) is 1.40. The number of anilines is 1. The fourth-order valence-electron chi connectivity index (χ4n) is 2.82. The summed E-state index contributed by atoms with van der Waals surface area (Å²) < 4.78 is 8.68. The molecule has 1 N–H and O–H groups in total. The van der Waals surface area contributed by atoms with Crippen LogP contribution in [0.25, 0.3) is 5.69 Å². The average Bonchev–Trinajstić information content (AvgIpc) is 3.31. The summed E-state index contributed by atoms with van der Waals surface area (Å²) in [4.78, 5) is 28.6. The van der Waals surface area contributed by atoms with Crippen molar-refractivity contribution in [3.05, 3.63) is 101 Å². The van der Waals surface area contributed by atoms with Gasteiger partial charge in [0, 0.05) is 29.8 Å². The van der Waals surface area contributed by atoms with E-state index >= 15 is 0 Å². The van der Waals surface area contributed by atoms with E-state index in [9.17, 15) is 9.59 Å². The van der Waals surface area contributed by atoms with E-state index in [1.807, 2.05) is 53.2 Å². The third kappa shape index (κ3) is 4.61. The fourth-order valence-corrected chi connectivity index (χ4v) is 2.82. The summed E-state index contributed by atoms with van der Waals surface area (Å²) in [6.45, 7) is 0.492. The number of aromatic nitrogens is 4. The number of rotatable bonds is 7. The molecule has 150 valence electrons. The highest BCUT2D eigenvalue weighted by molar-refractivity contribution is 6.02. The van der Waals surface area contributed by atoms with Gasteiger partial charge in [0.1, 0.15) is 18.1 Å². The molecule has 4 rings (SSSR count). The minimum atomic E-state index is -0.400. The van der Waals surface area contributed by atoms with Crippen LogP contribution in [-0.2, 0) is 6.54 Å². The first-order valence-electron chi connectivity index (χ1n) is 9.35. The van der Waals surface area contributed by atoms with Crippen LogP contribution in [0.4, 0.5) is 5.69 Å². The first kappa shape index (κ1) is 19.1. The zero-order valence-electron chi connectivity index (χ0n) is 16.0. The number of imidazole rings is 1. The third-order valence-corrected chi connectivity index (χ3v) is 4.34. The number of hydrogen-bond donors (Lipinski definition) is 1. The third-order valence-electron chi connectivity index (χ3n) is 4.34. The molecule has 1 amide bonds. The van der Waals surface area contributed by atoms with Crippen LogP contribution in [0.15, 0.2) is 90.2 Å². The molecule has 30 heavy (non-hydrogen) atoms. The van der Waals surface area contributed by atoms with Crippen LogP contribution in [0.3, 0.4) is 0 Å². The standard InChI is InChI=1S/C22H19N5O3/c28-21-11-10-20(25-27(21)14-15-30-19-4-2-1-3-5-19)22(29)24-17-6-8-18(9-7-17)26-13-12-23-16-26/h1-13,16H,14-15H2,(H,24,29). The summed E-state index contributed by atoms with van der Waals surface area (Å²) in [6, 6.07) is 19.3. The number of nitrogens with zero attached hydrogens (tertiary/aromatic N) is 4. The van der Waals surface area contributed by atoms with Crippen LogP contribution in [0.2, 0.25) is 0 Å². The highest BCUT2D eigenvalue weighted by Crippen LogP contribution is 2.14. The van der Waals surface area contributed by atoms with Crippen LogP contribution in [0.1, 0.15) is 10.5 Å². The largest absolute Gasteiger partial charge is 0.492 e. The molecular weight excluding hydrogens is 382 g/mol. The number of para-hydroxylation sites is 1. The van der Waals surface area contributed by atoms with Crippen molar-refractivity contribution in [2.75, 3.05) is 11.9 Å². The van der Waals surface area contributed by atoms with Crippen molar-refractivity contribution < 1.29 is 9.53 Å². The van der Waals surface area contributed by atoms with E-state index in [2.05, 4.69) is 15.4 Å². The molecule has 8 nitrogen and oxygen atoms in total. The lowest BCUT2D eigenvalue weighted by Gasteiger charge is -2.10. The molecule has 0 saturated heterocycles. The van der Waals surface area contributed by atoms with Crippen molar-refractivity contribution >= 4 is 11.6 Å². The molecule has 0 bridgehead atoms. The van der Waals surface area contributed by atoms with Gasteiger partial charge in [-0.3, -0.25) is 9.59 Å². The number of carbonyl (C=O) groups is 1. The van der Waals surface area contributed by atoms with E-state index in [0.717, 1.165) is 5.69 Å². The number of hydrogen-bond acceptors (Lipinski definition) is 5. The molecule has 4 aromatic rings. The lowest BCUT2D eigenvalue weighted by atomic mass is 10.2. The van der Waals surface area contributed by atoms with Gasteiger partial charge in [-0.15, -0.1) is 0 Å². The van der Waals surface area contributed by atoms with Gasteiger partial charge in [-0.1, -0.05) is 18.2 Å². The molecule has 2 aromatic heterocycles. The number of ether oxygens (including phenoxy) is 1. The maximum absolute atomic E-state index is 12.6. The van der Waals surface area contributed by atoms with Gasteiger partial charge in [0.25, 0.3) is 11.5 Å². The van der Waals surface area contributed by atoms with Gasteiger partial charge >= 0.3 is 0 Å². The van der Waals surface area contributed by atoms with E-state index in [4.69, 9.17) is 4.74 Å². The van der Waals surface area contributed by atoms with E-state index in [-0.39, 0.29) is 24.4 Å². The molecule has 0 saturated carbocycles. The Labute approximate surface area is 172 Å². The molecule has 2 aromatic carbocycles. The number of amides is 1. The molecule has 0 aliphatic carbocycles. The zero-order valence-corrected chi connectivity index (χ0v) is 16.0. The Bertz CT molecular complexity index is 1170. The predicted molar refractivity (Wildman–Crippen MR) is 112 cm³/mol. The Balaban J connectivity index is 1.40. The summed E-state index contributed by atoms with van der Waals surface area (Å²) in [5.74, 6) is 0.307. The number of nitrogens with one attached hydrogen (secondary N) is 1. The van der Waals surface area contributed by atoms with Gasteiger partial charge in [0.15, 0.2) is 0 Å². The molecule has 0 aliphatic heterocycles. The number of benzene rings is 2. The van der Waals surface area contributed by atoms with Crippen molar-refractivity contribution in [1.82, 2.24) is 19.3 Å². The molecule has 2 heterocycles. The topological polar surface area (TPSA) is 91.0 Å². The SMILES string of the molecule is O=C(Nc1ccc(-n2ccnc2)cc1)c1ccc(=O)n(CCOc2ccccc2)n1. The highest BCUT2D eigenvalue weighted by atomic mass is 16.5. The van der Waals surface area contributed by atoms with Gasteiger partial charge in [-0.05, 0) is 42.5 Å². The predicted octanol–water partition coefficient (Wildman–Crippen LogP) is 2.76. The van der Waals surface area contributed by atoms with E-state index in [1.165, 1.54) is 16.8 Å². The van der Waals surface area contributed by atoms with Crippen molar-refractivity contribution in [3.63, 3.8) is 0 Å². The zero-order chi connectivity index (χ0) is 20.8. The molecule has 0 fully saturated rings. The monoisotopic (exact) mass is 401 g/mol. The van der Waals surface area contributed by atoms with Gasteiger partial charge < -0.3 is 14.6 Å². The van der Waals surface area contributed by atoms with Crippen molar-refractivity contribution in [1.29, 1.82) is 0 Å². The van der Waals surface area contributed by atoms with Crippen LogP contribution in [0, 0.1) is 0 Å². The Morgan fingerprint density at radius 3 is 2.53 bits per heavy atom. The van der Waals surface area contributed by atoms with Crippen molar-refractivity contribution in [2.45, 2.75) is 6.54 Å². The minimum Gasteiger partial charge on any atom is -0.492 e. The first-order valence-corrected chi connectivity index (χ1v) is 9.35. The Morgan fingerprint density at radius 2 is 1.80 bits per heavy atom. The van der Waals surface area contributed by atoms with Gasteiger partial charge in [0.2, 0.25) is 0 Å². The highest BCUT2D eigenvalue weighted by Gasteiger charge is 2.10. The molecular formula is C22H19N5O3. The van der Waals surface area contributed by atoms with Crippen LogP contribution < -0.4 is 15.6 Å². The molecule has 0 atom stereocenters. The summed E-state index contributed by atoms with van der Waals surface area (Å²) in [6.07, 6.45) is 5.23. The Hall–Kier alpha value is -4.20. The maximum atomic E-state index is 12.6. The van der Waals surface area contributed by atoms with Crippen LogP contribution in [-0.4, -0.2) is 31.8 Å². The summed E-state index contributed by atoms with van der Waals surface area (Å²) in [5, 5.41) is 6.94. The van der Waals surface area contributed by atoms with Gasteiger partial charge in [-0.2, -0.15) is 5.10 Å². The molecule has 0 radical (unpaired) electrons. The maximum Gasteiger partial charge on any atom is 0.276 e. The summed E-state index contributed by atoms with van der Waals surface area (Å²) in [7, 11) is 0. The summed E-state index contributed by atoms with van der Waals surface area (Å²) >= 11 is 0. The lowest BCUT2D eigenvalue weighted by molar-refractivity contribution is 0.101. The van der Waals surface area contributed by atoms with Gasteiger partial charge in [0.05, 0.1) is 12.9 Å². The minimum absolute atomic E-state index is 0.146. The molecule has 0 aliphatic rings. The first-order chi connectivity index (χ1) is 14.7.